The average molecular weight is 370 g/mol. The van der Waals surface area contributed by atoms with E-state index in [2.05, 4.69) is 5.32 Å². The number of nitrogens with zero attached hydrogens (tertiary/aromatic N) is 1. The third-order valence-electron chi connectivity index (χ3n) is 4.17. The number of carbonyl (C=O) groups excluding carboxylic acids is 2. The standard InChI is InChI=1S/C23H18N2O3/c1-16(28-23(27)19-13-11-17(15-24)12-14-19)22(26)25-21-10-6-5-9-20(21)18-7-3-2-4-8-18/h2-14,16H,1H3,(H,25,26). The molecule has 0 radical (unpaired) electrons. The highest BCUT2D eigenvalue weighted by molar-refractivity contribution is 5.99. The van der Waals surface area contributed by atoms with E-state index < -0.39 is 18.0 Å². The summed E-state index contributed by atoms with van der Waals surface area (Å²) in [4.78, 5) is 24.7. The van der Waals surface area contributed by atoms with Crippen molar-refractivity contribution in [2.24, 2.45) is 0 Å². The number of hydrogen-bond acceptors (Lipinski definition) is 4. The van der Waals surface area contributed by atoms with Crippen LogP contribution in [0.4, 0.5) is 5.69 Å². The van der Waals surface area contributed by atoms with Crippen molar-refractivity contribution < 1.29 is 14.3 Å². The number of anilines is 1. The number of carbonyl (C=O) groups is 2. The molecule has 5 heteroatoms. The predicted molar refractivity (Wildman–Crippen MR) is 107 cm³/mol. The van der Waals surface area contributed by atoms with Crippen LogP contribution < -0.4 is 5.32 Å². The second kappa shape index (κ2) is 8.65. The molecule has 3 aromatic carbocycles. The van der Waals surface area contributed by atoms with Crippen LogP contribution in [0.1, 0.15) is 22.8 Å². The third kappa shape index (κ3) is 4.43. The van der Waals surface area contributed by atoms with Crippen LogP contribution >= 0.6 is 0 Å². The summed E-state index contributed by atoms with van der Waals surface area (Å²) in [7, 11) is 0. The lowest BCUT2D eigenvalue weighted by atomic mass is 10.0. The number of rotatable bonds is 5. The van der Waals surface area contributed by atoms with E-state index in [1.165, 1.54) is 31.2 Å². The smallest absolute Gasteiger partial charge is 0.338 e. The lowest BCUT2D eigenvalue weighted by molar-refractivity contribution is -0.123. The second-order valence-electron chi connectivity index (χ2n) is 6.14. The summed E-state index contributed by atoms with van der Waals surface area (Å²) in [5.41, 5.74) is 3.21. The van der Waals surface area contributed by atoms with Crippen molar-refractivity contribution in [1.82, 2.24) is 0 Å². The van der Waals surface area contributed by atoms with E-state index in [9.17, 15) is 9.59 Å². The maximum absolute atomic E-state index is 12.5. The van der Waals surface area contributed by atoms with Crippen LogP contribution in [-0.2, 0) is 9.53 Å². The summed E-state index contributed by atoms with van der Waals surface area (Å²) < 4.78 is 5.26. The Bertz CT molecular complexity index is 1020. The highest BCUT2D eigenvalue weighted by Gasteiger charge is 2.20. The molecule has 0 aliphatic heterocycles. The van der Waals surface area contributed by atoms with Gasteiger partial charge in [0, 0.05) is 11.3 Å². The minimum Gasteiger partial charge on any atom is -0.449 e. The first kappa shape index (κ1) is 18.9. The normalized spacial score (nSPS) is 11.1. The van der Waals surface area contributed by atoms with E-state index in [0.29, 0.717) is 11.3 Å². The Morgan fingerprint density at radius 2 is 1.57 bits per heavy atom. The summed E-state index contributed by atoms with van der Waals surface area (Å²) in [5.74, 6) is -1.05. The summed E-state index contributed by atoms with van der Waals surface area (Å²) in [5, 5.41) is 11.6. The lowest BCUT2D eigenvalue weighted by Crippen LogP contribution is -2.30. The molecule has 1 N–H and O–H groups in total. The van der Waals surface area contributed by atoms with E-state index in [1.807, 2.05) is 54.6 Å². The predicted octanol–water partition coefficient (Wildman–Crippen LogP) is 4.41. The van der Waals surface area contributed by atoms with Gasteiger partial charge < -0.3 is 10.1 Å². The third-order valence-corrected chi connectivity index (χ3v) is 4.17. The summed E-state index contributed by atoms with van der Waals surface area (Å²) in [6.07, 6.45) is -0.980. The van der Waals surface area contributed by atoms with Crippen LogP contribution in [0.3, 0.4) is 0 Å². The molecule has 3 rings (SSSR count). The Balaban J connectivity index is 1.69. The van der Waals surface area contributed by atoms with Crippen molar-refractivity contribution in [3.8, 4) is 17.2 Å². The molecule has 1 unspecified atom stereocenters. The summed E-state index contributed by atoms with van der Waals surface area (Å²) in [6, 6.07) is 25.2. The Hall–Kier alpha value is -3.91. The van der Waals surface area contributed by atoms with Crippen molar-refractivity contribution in [3.63, 3.8) is 0 Å². The van der Waals surface area contributed by atoms with Gasteiger partial charge in [-0.3, -0.25) is 4.79 Å². The molecule has 0 aliphatic rings. The molecule has 28 heavy (non-hydrogen) atoms. The van der Waals surface area contributed by atoms with Gasteiger partial charge in [-0.25, -0.2) is 4.79 Å². The maximum Gasteiger partial charge on any atom is 0.338 e. The molecular weight excluding hydrogens is 352 g/mol. The van der Waals surface area contributed by atoms with E-state index in [1.54, 1.807) is 6.07 Å². The number of esters is 1. The number of para-hydroxylation sites is 1. The summed E-state index contributed by atoms with van der Waals surface area (Å²) in [6.45, 7) is 1.52. The number of benzene rings is 3. The van der Waals surface area contributed by atoms with E-state index in [0.717, 1.165) is 11.1 Å². The van der Waals surface area contributed by atoms with Crippen molar-refractivity contribution in [2.75, 3.05) is 5.32 Å². The average Bonchev–Trinajstić information content (AvgIpc) is 2.74. The van der Waals surface area contributed by atoms with Crippen molar-refractivity contribution in [1.29, 1.82) is 5.26 Å². The molecular formula is C23H18N2O3. The Kier molecular flexibility index (Phi) is 5.83. The topological polar surface area (TPSA) is 79.2 Å². The minimum atomic E-state index is -0.980. The lowest BCUT2D eigenvalue weighted by Gasteiger charge is -2.16. The van der Waals surface area contributed by atoms with Gasteiger partial charge in [-0.15, -0.1) is 0 Å². The van der Waals surface area contributed by atoms with Crippen LogP contribution in [-0.4, -0.2) is 18.0 Å². The monoisotopic (exact) mass is 370 g/mol. The number of hydrogen-bond donors (Lipinski definition) is 1. The molecule has 0 saturated heterocycles. The molecule has 0 bridgehead atoms. The molecule has 3 aromatic rings. The van der Waals surface area contributed by atoms with Gasteiger partial charge >= 0.3 is 5.97 Å². The molecule has 138 valence electrons. The number of amides is 1. The molecule has 5 nitrogen and oxygen atoms in total. The zero-order chi connectivity index (χ0) is 19.9. The number of nitrogens with one attached hydrogen (secondary N) is 1. The zero-order valence-corrected chi connectivity index (χ0v) is 15.3. The highest BCUT2D eigenvalue weighted by Crippen LogP contribution is 2.27. The molecule has 1 atom stereocenters. The SMILES string of the molecule is CC(OC(=O)c1ccc(C#N)cc1)C(=O)Nc1ccccc1-c1ccccc1. The van der Waals surface area contributed by atoms with Crippen molar-refractivity contribution in [3.05, 3.63) is 90.0 Å². The van der Waals surface area contributed by atoms with E-state index in [4.69, 9.17) is 10.00 Å². The fraction of sp³-hybridized carbons (Fsp3) is 0.0870. The van der Waals surface area contributed by atoms with Crippen LogP contribution in [0.2, 0.25) is 0 Å². The van der Waals surface area contributed by atoms with Crippen LogP contribution in [0, 0.1) is 11.3 Å². The quantitative estimate of drug-likeness (QED) is 0.675. The molecule has 0 fully saturated rings. The first-order chi connectivity index (χ1) is 13.6. The van der Waals surface area contributed by atoms with Crippen LogP contribution in [0.25, 0.3) is 11.1 Å². The van der Waals surface area contributed by atoms with Gasteiger partial charge in [-0.05, 0) is 42.8 Å². The fourth-order valence-corrected chi connectivity index (χ4v) is 2.66. The molecule has 1 amide bonds. The highest BCUT2D eigenvalue weighted by atomic mass is 16.5. The van der Waals surface area contributed by atoms with Gasteiger partial charge in [0.05, 0.1) is 17.2 Å². The van der Waals surface area contributed by atoms with Crippen molar-refractivity contribution >= 4 is 17.6 Å². The maximum atomic E-state index is 12.5. The Morgan fingerprint density at radius 1 is 0.929 bits per heavy atom. The van der Waals surface area contributed by atoms with Gasteiger partial charge in [-0.1, -0.05) is 48.5 Å². The first-order valence-corrected chi connectivity index (χ1v) is 8.75. The summed E-state index contributed by atoms with van der Waals surface area (Å²) >= 11 is 0. The minimum absolute atomic E-state index is 0.281. The van der Waals surface area contributed by atoms with Gasteiger partial charge in [0.25, 0.3) is 5.91 Å². The van der Waals surface area contributed by atoms with E-state index in [-0.39, 0.29) is 5.56 Å². The molecule has 0 spiro atoms. The van der Waals surface area contributed by atoms with Gasteiger partial charge in [0.15, 0.2) is 6.10 Å². The number of nitriles is 1. The van der Waals surface area contributed by atoms with Gasteiger partial charge in [0.2, 0.25) is 0 Å². The second-order valence-corrected chi connectivity index (χ2v) is 6.14. The van der Waals surface area contributed by atoms with Crippen LogP contribution in [0.15, 0.2) is 78.9 Å². The first-order valence-electron chi connectivity index (χ1n) is 8.75. The fourth-order valence-electron chi connectivity index (χ4n) is 2.66. The number of ether oxygens (including phenoxy) is 1. The molecule has 0 aliphatic carbocycles. The van der Waals surface area contributed by atoms with Gasteiger partial charge in [-0.2, -0.15) is 5.26 Å². The van der Waals surface area contributed by atoms with E-state index >= 15 is 0 Å². The zero-order valence-electron chi connectivity index (χ0n) is 15.3. The molecule has 0 aromatic heterocycles. The van der Waals surface area contributed by atoms with Crippen LogP contribution in [0.5, 0.6) is 0 Å². The van der Waals surface area contributed by atoms with Gasteiger partial charge in [0.1, 0.15) is 0 Å². The Morgan fingerprint density at radius 3 is 2.25 bits per heavy atom. The Labute approximate surface area is 163 Å². The largest absolute Gasteiger partial charge is 0.449 e. The molecule has 0 heterocycles. The molecule has 0 saturated carbocycles. The van der Waals surface area contributed by atoms with Crippen molar-refractivity contribution in [2.45, 2.75) is 13.0 Å².